The maximum absolute atomic E-state index is 12.8. The Morgan fingerprint density at radius 1 is 1.27 bits per heavy atom. The molecular weight excluding hydrogens is 354 g/mol. The van der Waals surface area contributed by atoms with E-state index in [1.807, 2.05) is 36.2 Å². The van der Waals surface area contributed by atoms with Gasteiger partial charge in [0.25, 0.3) is 10.2 Å². The van der Waals surface area contributed by atoms with Crippen LogP contribution in [0.2, 0.25) is 0 Å². The lowest BCUT2D eigenvalue weighted by Gasteiger charge is -2.34. The number of rotatable bonds is 7. The number of imidazole rings is 1. The minimum absolute atomic E-state index is 0.0584. The summed E-state index contributed by atoms with van der Waals surface area (Å²) in [4.78, 5) is 4.04. The van der Waals surface area contributed by atoms with E-state index in [-0.39, 0.29) is 5.92 Å². The van der Waals surface area contributed by atoms with E-state index in [9.17, 15) is 8.42 Å². The molecule has 0 aromatic carbocycles. The van der Waals surface area contributed by atoms with E-state index in [1.165, 1.54) is 4.31 Å². The molecule has 0 aliphatic carbocycles. The highest BCUT2D eigenvalue weighted by molar-refractivity contribution is 7.86. The van der Waals surface area contributed by atoms with Gasteiger partial charge in [0.2, 0.25) is 0 Å². The number of hydrogen-bond donors (Lipinski definition) is 0. The first-order valence-electron chi connectivity index (χ1n) is 9.06. The molecule has 1 fully saturated rings. The van der Waals surface area contributed by atoms with Gasteiger partial charge in [0.1, 0.15) is 5.82 Å². The van der Waals surface area contributed by atoms with Crippen molar-refractivity contribution in [2.24, 2.45) is 7.05 Å². The van der Waals surface area contributed by atoms with Crippen LogP contribution in [0.5, 0.6) is 0 Å². The van der Waals surface area contributed by atoms with Crippen molar-refractivity contribution < 1.29 is 8.42 Å². The second-order valence-corrected chi connectivity index (χ2v) is 8.49. The van der Waals surface area contributed by atoms with Crippen molar-refractivity contribution in [1.82, 2.24) is 32.9 Å². The van der Waals surface area contributed by atoms with Crippen molar-refractivity contribution in [2.45, 2.75) is 39.2 Å². The van der Waals surface area contributed by atoms with Crippen molar-refractivity contribution in [3.05, 3.63) is 30.4 Å². The Labute approximate surface area is 154 Å². The first-order valence-corrected chi connectivity index (χ1v) is 10.5. The molecule has 144 valence electrons. The van der Waals surface area contributed by atoms with E-state index in [2.05, 4.69) is 15.2 Å². The second-order valence-electron chi connectivity index (χ2n) is 6.56. The van der Waals surface area contributed by atoms with Crippen LogP contribution in [0.1, 0.15) is 44.3 Å². The number of nitrogens with zero attached hydrogens (tertiary/aromatic N) is 7. The minimum Gasteiger partial charge on any atom is -0.330 e. The van der Waals surface area contributed by atoms with E-state index in [0.717, 1.165) is 24.5 Å². The highest BCUT2D eigenvalue weighted by Gasteiger charge is 2.34. The van der Waals surface area contributed by atoms with Crippen LogP contribution in [0.25, 0.3) is 0 Å². The molecule has 1 aliphatic rings. The maximum atomic E-state index is 12.8. The summed E-state index contributed by atoms with van der Waals surface area (Å²) in [5.74, 6) is 1.74. The number of piperidine rings is 1. The molecule has 0 saturated carbocycles. The first-order chi connectivity index (χ1) is 12.5. The van der Waals surface area contributed by atoms with Gasteiger partial charge in [-0.05, 0) is 12.8 Å². The van der Waals surface area contributed by atoms with Gasteiger partial charge in [-0.25, -0.2) is 4.98 Å². The summed E-state index contributed by atoms with van der Waals surface area (Å²) in [6, 6.07) is 0. The van der Waals surface area contributed by atoms with Gasteiger partial charge in [0.05, 0.1) is 12.9 Å². The third kappa shape index (κ3) is 3.67. The lowest BCUT2D eigenvalue weighted by Crippen LogP contribution is -2.47. The highest BCUT2D eigenvalue weighted by Crippen LogP contribution is 2.28. The summed E-state index contributed by atoms with van der Waals surface area (Å²) in [5.41, 5.74) is 0. The molecule has 26 heavy (non-hydrogen) atoms. The standard InChI is InChI=1S/C16H27N7O2S/c1-4-22(5-2)26(24,25)23-9-6-7-14(11-23)16-19-18-15(20(16)3)12-21-10-8-17-13-21/h8,10,13-14H,4-7,9,11-12H2,1-3H3/t14-/m0/s1. The van der Waals surface area contributed by atoms with Crippen LogP contribution in [-0.2, 0) is 23.8 Å². The fraction of sp³-hybridized carbons (Fsp3) is 0.688. The predicted octanol–water partition coefficient (Wildman–Crippen LogP) is 0.826. The Morgan fingerprint density at radius 2 is 2.04 bits per heavy atom. The Morgan fingerprint density at radius 3 is 2.69 bits per heavy atom. The average Bonchev–Trinajstić information content (AvgIpc) is 3.27. The Bertz CT molecular complexity index is 812. The third-order valence-corrected chi connectivity index (χ3v) is 7.14. The van der Waals surface area contributed by atoms with Crippen LogP contribution < -0.4 is 0 Å². The first kappa shape index (κ1) is 19.0. The lowest BCUT2D eigenvalue weighted by atomic mass is 9.99. The van der Waals surface area contributed by atoms with Crippen molar-refractivity contribution in [1.29, 1.82) is 0 Å². The van der Waals surface area contributed by atoms with Crippen molar-refractivity contribution >= 4 is 10.2 Å². The lowest BCUT2D eigenvalue weighted by molar-refractivity contribution is 0.280. The Hall–Kier alpha value is -1.78. The molecule has 3 heterocycles. The SMILES string of the molecule is CCN(CC)S(=O)(=O)N1CCC[C@H](c2nnc(Cn3ccnc3)n2C)C1. The van der Waals surface area contributed by atoms with Crippen LogP contribution in [0.3, 0.4) is 0 Å². The smallest absolute Gasteiger partial charge is 0.281 e. The molecule has 0 bridgehead atoms. The molecule has 3 rings (SSSR count). The third-order valence-electron chi connectivity index (χ3n) is 4.99. The van der Waals surface area contributed by atoms with E-state index < -0.39 is 10.2 Å². The summed E-state index contributed by atoms with van der Waals surface area (Å²) < 4.78 is 32.7. The quantitative estimate of drug-likeness (QED) is 0.709. The van der Waals surface area contributed by atoms with Crippen LogP contribution in [-0.4, -0.2) is 67.5 Å². The summed E-state index contributed by atoms with van der Waals surface area (Å²) >= 11 is 0. The topological polar surface area (TPSA) is 89.2 Å². The fourth-order valence-corrected chi connectivity index (χ4v) is 5.20. The van der Waals surface area contributed by atoms with Gasteiger partial charge in [-0.15, -0.1) is 10.2 Å². The Kier molecular flexibility index (Phi) is 5.73. The molecule has 10 heteroatoms. The minimum atomic E-state index is -3.42. The van der Waals surface area contributed by atoms with Gasteiger partial charge in [0.15, 0.2) is 5.82 Å². The van der Waals surface area contributed by atoms with Crippen LogP contribution in [0, 0.1) is 0 Å². The summed E-state index contributed by atoms with van der Waals surface area (Å²) in [5, 5.41) is 8.67. The average molecular weight is 382 g/mol. The highest BCUT2D eigenvalue weighted by atomic mass is 32.2. The molecule has 9 nitrogen and oxygen atoms in total. The molecule has 1 saturated heterocycles. The van der Waals surface area contributed by atoms with Crippen molar-refractivity contribution in [2.75, 3.05) is 26.2 Å². The molecule has 2 aromatic heterocycles. The zero-order chi connectivity index (χ0) is 18.7. The monoisotopic (exact) mass is 381 g/mol. The number of aromatic nitrogens is 5. The largest absolute Gasteiger partial charge is 0.330 e. The molecule has 2 aromatic rings. The van der Waals surface area contributed by atoms with Crippen LogP contribution in [0.4, 0.5) is 0 Å². The van der Waals surface area contributed by atoms with E-state index in [0.29, 0.717) is 32.7 Å². The number of hydrogen-bond acceptors (Lipinski definition) is 5. The molecule has 1 aliphatic heterocycles. The van der Waals surface area contributed by atoms with Gasteiger partial charge < -0.3 is 9.13 Å². The van der Waals surface area contributed by atoms with Crippen LogP contribution in [0.15, 0.2) is 18.7 Å². The molecule has 0 radical (unpaired) electrons. The van der Waals surface area contributed by atoms with Crippen molar-refractivity contribution in [3.8, 4) is 0 Å². The second kappa shape index (κ2) is 7.85. The predicted molar refractivity (Wildman–Crippen MR) is 97.7 cm³/mol. The van der Waals surface area contributed by atoms with Crippen LogP contribution >= 0.6 is 0 Å². The van der Waals surface area contributed by atoms with E-state index >= 15 is 0 Å². The fourth-order valence-electron chi connectivity index (χ4n) is 3.49. The molecule has 0 unspecified atom stereocenters. The van der Waals surface area contributed by atoms with Gasteiger partial charge in [-0.2, -0.15) is 17.0 Å². The Balaban J connectivity index is 1.77. The maximum Gasteiger partial charge on any atom is 0.281 e. The zero-order valence-electron chi connectivity index (χ0n) is 15.6. The van der Waals surface area contributed by atoms with Gasteiger partial charge in [-0.3, -0.25) is 0 Å². The van der Waals surface area contributed by atoms with Crippen molar-refractivity contribution in [3.63, 3.8) is 0 Å². The molecule has 1 atom stereocenters. The van der Waals surface area contributed by atoms with Gasteiger partial charge >= 0.3 is 0 Å². The molecular formula is C16H27N7O2S. The van der Waals surface area contributed by atoms with Gasteiger partial charge in [0, 0.05) is 51.5 Å². The zero-order valence-corrected chi connectivity index (χ0v) is 16.4. The molecule has 0 amide bonds. The molecule has 0 spiro atoms. The summed E-state index contributed by atoms with van der Waals surface area (Å²) in [6.45, 7) is 6.32. The normalized spacial score (nSPS) is 19.3. The van der Waals surface area contributed by atoms with E-state index in [1.54, 1.807) is 16.8 Å². The summed E-state index contributed by atoms with van der Waals surface area (Å²) in [6.07, 6.45) is 7.10. The van der Waals surface area contributed by atoms with E-state index in [4.69, 9.17) is 0 Å². The van der Waals surface area contributed by atoms with Gasteiger partial charge in [-0.1, -0.05) is 13.8 Å². The molecule has 0 N–H and O–H groups in total. The summed E-state index contributed by atoms with van der Waals surface area (Å²) in [7, 11) is -1.47.